The molecular formula is C15H22N2O. The summed E-state index contributed by atoms with van der Waals surface area (Å²) in [5.41, 5.74) is 7.47. The van der Waals surface area contributed by atoms with E-state index in [1.165, 1.54) is 12.8 Å². The normalized spacial score (nSPS) is 23.9. The van der Waals surface area contributed by atoms with Gasteiger partial charge in [0.25, 0.3) is 0 Å². The Kier molecular flexibility index (Phi) is 4.00. The van der Waals surface area contributed by atoms with Crippen LogP contribution in [0.15, 0.2) is 12.3 Å². The van der Waals surface area contributed by atoms with Crippen molar-refractivity contribution in [2.24, 2.45) is 11.8 Å². The number of ketones is 1. The van der Waals surface area contributed by atoms with E-state index in [1.54, 1.807) is 6.20 Å². The molecule has 18 heavy (non-hydrogen) atoms. The molecule has 98 valence electrons. The number of nitrogen functional groups attached to an aromatic ring is 1. The van der Waals surface area contributed by atoms with Crippen molar-refractivity contribution in [3.05, 3.63) is 23.4 Å². The maximum atomic E-state index is 12.6. The number of pyridine rings is 1. The summed E-state index contributed by atoms with van der Waals surface area (Å²) in [5, 5.41) is 0. The summed E-state index contributed by atoms with van der Waals surface area (Å²) in [5.74, 6) is 1.44. The van der Waals surface area contributed by atoms with E-state index < -0.39 is 0 Å². The minimum Gasteiger partial charge on any atom is -0.383 e. The average molecular weight is 246 g/mol. The first-order valence-corrected chi connectivity index (χ1v) is 6.88. The number of nitrogens with two attached hydrogens (primary N) is 1. The summed E-state index contributed by atoms with van der Waals surface area (Å²) in [4.78, 5) is 16.6. The maximum absolute atomic E-state index is 12.6. The number of carbonyl (C=O) groups excluding carboxylic acids is 1. The van der Waals surface area contributed by atoms with Crippen LogP contribution in [0.3, 0.4) is 0 Å². The monoisotopic (exact) mass is 246 g/mol. The molecule has 1 fully saturated rings. The highest BCUT2D eigenvalue weighted by molar-refractivity contribution is 6.02. The Balaban J connectivity index is 2.20. The maximum Gasteiger partial charge on any atom is 0.169 e. The molecule has 0 aromatic carbocycles. The third-order valence-corrected chi connectivity index (χ3v) is 4.17. The van der Waals surface area contributed by atoms with Crippen LogP contribution in [0.2, 0.25) is 0 Å². The zero-order chi connectivity index (χ0) is 13.1. The molecule has 2 atom stereocenters. The van der Waals surface area contributed by atoms with Gasteiger partial charge >= 0.3 is 0 Å². The Bertz CT molecular complexity index is 422. The Morgan fingerprint density at radius 2 is 2.28 bits per heavy atom. The van der Waals surface area contributed by atoms with E-state index in [9.17, 15) is 4.79 Å². The molecule has 0 aliphatic heterocycles. The van der Waals surface area contributed by atoms with Gasteiger partial charge in [0.15, 0.2) is 5.78 Å². The van der Waals surface area contributed by atoms with Gasteiger partial charge in [0, 0.05) is 12.1 Å². The molecule has 2 unspecified atom stereocenters. The van der Waals surface area contributed by atoms with Gasteiger partial charge < -0.3 is 5.73 Å². The number of hydrogen-bond acceptors (Lipinski definition) is 3. The van der Waals surface area contributed by atoms with Crippen LogP contribution in [-0.4, -0.2) is 10.8 Å². The minimum atomic E-state index is 0.147. The highest BCUT2D eigenvalue weighted by Crippen LogP contribution is 2.34. The molecule has 2 N–H and O–H groups in total. The van der Waals surface area contributed by atoms with Gasteiger partial charge in [-0.25, -0.2) is 4.98 Å². The largest absolute Gasteiger partial charge is 0.383 e. The van der Waals surface area contributed by atoms with Gasteiger partial charge in [0.05, 0.1) is 5.56 Å². The van der Waals surface area contributed by atoms with Crippen molar-refractivity contribution in [1.82, 2.24) is 4.98 Å². The zero-order valence-corrected chi connectivity index (χ0v) is 11.3. The molecular weight excluding hydrogens is 224 g/mol. The first-order chi connectivity index (χ1) is 8.63. The van der Waals surface area contributed by atoms with E-state index in [4.69, 9.17) is 5.73 Å². The van der Waals surface area contributed by atoms with E-state index in [-0.39, 0.29) is 11.7 Å². The molecule has 0 radical (unpaired) electrons. The smallest absolute Gasteiger partial charge is 0.169 e. The van der Waals surface area contributed by atoms with E-state index in [0.29, 0.717) is 17.3 Å². The van der Waals surface area contributed by atoms with Crippen molar-refractivity contribution in [3.63, 3.8) is 0 Å². The highest BCUT2D eigenvalue weighted by Gasteiger charge is 2.29. The van der Waals surface area contributed by atoms with Crippen molar-refractivity contribution < 1.29 is 4.79 Å². The van der Waals surface area contributed by atoms with E-state index in [0.717, 1.165) is 24.8 Å². The van der Waals surface area contributed by atoms with Crippen LogP contribution in [0.1, 0.15) is 54.9 Å². The van der Waals surface area contributed by atoms with Crippen LogP contribution in [0.25, 0.3) is 0 Å². The molecule has 1 aliphatic carbocycles. The Hall–Kier alpha value is -1.38. The van der Waals surface area contributed by atoms with Gasteiger partial charge in [0.1, 0.15) is 5.82 Å². The van der Waals surface area contributed by atoms with Gasteiger partial charge in [-0.2, -0.15) is 0 Å². The first-order valence-electron chi connectivity index (χ1n) is 6.88. The van der Waals surface area contributed by atoms with Crippen molar-refractivity contribution in [1.29, 1.82) is 0 Å². The van der Waals surface area contributed by atoms with Crippen molar-refractivity contribution in [2.45, 2.75) is 46.0 Å². The van der Waals surface area contributed by atoms with Gasteiger partial charge in [-0.15, -0.1) is 0 Å². The minimum absolute atomic E-state index is 0.147. The molecule has 3 heteroatoms. The average Bonchev–Trinajstić information content (AvgIpc) is 2.38. The molecule has 0 amide bonds. The number of rotatable bonds is 3. The molecule has 2 rings (SSSR count). The molecule has 3 nitrogen and oxygen atoms in total. The van der Waals surface area contributed by atoms with Crippen LogP contribution in [-0.2, 0) is 0 Å². The Morgan fingerprint density at radius 3 is 2.94 bits per heavy atom. The predicted octanol–water partition coefficient (Wildman–Crippen LogP) is 3.37. The molecule has 1 aromatic heterocycles. The zero-order valence-electron chi connectivity index (χ0n) is 11.3. The summed E-state index contributed by atoms with van der Waals surface area (Å²) >= 11 is 0. The number of carbonyl (C=O) groups is 1. The summed E-state index contributed by atoms with van der Waals surface area (Å²) in [7, 11) is 0. The Morgan fingerprint density at radius 1 is 1.50 bits per heavy atom. The fraction of sp³-hybridized carbons (Fsp3) is 0.600. The van der Waals surface area contributed by atoms with Gasteiger partial charge in [0.2, 0.25) is 0 Å². The van der Waals surface area contributed by atoms with Crippen LogP contribution in [0.5, 0.6) is 0 Å². The molecule has 0 saturated heterocycles. The second-order valence-electron chi connectivity index (χ2n) is 5.39. The number of nitrogens with zero attached hydrogens (tertiary/aromatic N) is 1. The lowest BCUT2D eigenvalue weighted by Crippen LogP contribution is -2.24. The topological polar surface area (TPSA) is 56.0 Å². The number of Topliss-reactive ketones (excluding diaryl/α,β-unsaturated/α-hetero) is 1. The SMILES string of the molecule is CCC1CCCC(C(=O)c2c(C)ccnc2N)C1. The van der Waals surface area contributed by atoms with Crippen LogP contribution in [0, 0.1) is 18.8 Å². The second-order valence-corrected chi connectivity index (χ2v) is 5.39. The van der Waals surface area contributed by atoms with Crippen molar-refractivity contribution in [3.8, 4) is 0 Å². The fourth-order valence-electron chi connectivity index (χ4n) is 3.00. The summed E-state index contributed by atoms with van der Waals surface area (Å²) in [6.07, 6.45) is 7.28. The van der Waals surface area contributed by atoms with Gasteiger partial charge in [-0.1, -0.05) is 26.2 Å². The third kappa shape index (κ3) is 2.55. The van der Waals surface area contributed by atoms with Gasteiger partial charge in [-0.3, -0.25) is 4.79 Å². The number of aryl methyl sites for hydroxylation is 1. The molecule has 1 aromatic rings. The van der Waals surface area contributed by atoms with Crippen LogP contribution < -0.4 is 5.73 Å². The Labute approximate surface area is 109 Å². The van der Waals surface area contributed by atoms with Crippen molar-refractivity contribution in [2.75, 3.05) is 5.73 Å². The molecule has 1 saturated carbocycles. The van der Waals surface area contributed by atoms with E-state index in [1.807, 2.05) is 13.0 Å². The molecule has 0 spiro atoms. The first kappa shape index (κ1) is 13.1. The lowest BCUT2D eigenvalue weighted by molar-refractivity contribution is 0.0862. The number of hydrogen-bond donors (Lipinski definition) is 1. The summed E-state index contributed by atoms with van der Waals surface area (Å²) < 4.78 is 0. The quantitative estimate of drug-likeness (QED) is 0.832. The van der Waals surface area contributed by atoms with Crippen LogP contribution in [0.4, 0.5) is 5.82 Å². The standard InChI is InChI=1S/C15H22N2O/c1-3-11-5-4-6-12(9-11)14(18)13-10(2)7-8-17-15(13)16/h7-8,11-12H,3-6,9H2,1-2H3,(H2,16,17). The predicted molar refractivity (Wildman–Crippen MR) is 73.5 cm³/mol. The summed E-state index contributed by atoms with van der Waals surface area (Å²) in [6.45, 7) is 4.15. The van der Waals surface area contributed by atoms with E-state index in [2.05, 4.69) is 11.9 Å². The lowest BCUT2D eigenvalue weighted by Gasteiger charge is -2.28. The number of anilines is 1. The molecule has 1 heterocycles. The number of aromatic nitrogens is 1. The van der Waals surface area contributed by atoms with Crippen molar-refractivity contribution >= 4 is 11.6 Å². The van der Waals surface area contributed by atoms with Gasteiger partial charge in [-0.05, 0) is 37.3 Å². The van der Waals surface area contributed by atoms with Crippen LogP contribution >= 0.6 is 0 Å². The fourth-order valence-corrected chi connectivity index (χ4v) is 3.00. The lowest BCUT2D eigenvalue weighted by atomic mass is 9.76. The third-order valence-electron chi connectivity index (χ3n) is 4.17. The molecule has 1 aliphatic rings. The summed E-state index contributed by atoms with van der Waals surface area (Å²) in [6, 6.07) is 1.86. The van der Waals surface area contributed by atoms with E-state index >= 15 is 0 Å². The molecule has 0 bridgehead atoms. The second kappa shape index (κ2) is 5.51. The highest BCUT2D eigenvalue weighted by atomic mass is 16.1.